The van der Waals surface area contributed by atoms with E-state index >= 15 is 0 Å². The van der Waals surface area contributed by atoms with Crippen molar-refractivity contribution in [2.75, 3.05) is 38.2 Å². The van der Waals surface area contributed by atoms with Crippen LogP contribution < -0.4 is 9.64 Å². The van der Waals surface area contributed by atoms with Gasteiger partial charge < -0.3 is 19.0 Å². The van der Waals surface area contributed by atoms with Gasteiger partial charge in [-0.3, -0.25) is 4.79 Å². The van der Waals surface area contributed by atoms with Crippen LogP contribution in [0.3, 0.4) is 0 Å². The standard InChI is InChI=1S/C20H20N4O3/c1-26-17-10-6-5-9-16(17)18-21-22-19(27-18)20(25)24-13-11-23(12-14-24)15-7-3-2-4-8-15/h2-10H,11-14H2,1H3. The summed E-state index contributed by atoms with van der Waals surface area (Å²) in [6.45, 7) is 2.76. The zero-order valence-corrected chi connectivity index (χ0v) is 15.0. The number of anilines is 1. The van der Waals surface area contributed by atoms with Crippen molar-refractivity contribution in [2.45, 2.75) is 0 Å². The summed E-state index contributed by atoms with van der Waals surface area (Å²) in [5, 5.41) is 7.96. The number of piperazine rings is 1. The molecule has 0 radical (unpaired) electrons. The Balaban J connectivity index is 1.45. The summed E-state index contributed by atoms with van der Waals surface area (Å²) in [7, 11) is 1.58. The highest BCUT2D eigenvalue weighted by molar-refractivity contribution is 5.90. The van der Waals surface area contributed by atoms with Crippen molar-refractivity contribution >= 4 is 11.6 Å². The molecule has 0 saturated carbocycles. The first-order chi connectivity index (χ1) is 13.3. The molecule has 1 fully saturated rings. The second-order valence-corrected chi connectivity index (χ2v) is 6.23. The van der Waals surface area contributed by atoms with Gasteiger partial charge in [-0.1, -0.05) is 30.3 Å². The molecule has 0 spiro atoms. The topological polar surface area (TPSA) is 71.7 Å². The van der Waals surface area contributed by atoms with Crippen LogP contribution in [0.5, 0.6) is 5.75 Å². The normalized spacial score (nSPS) is 14.3. The van der Waals surface area contributed by atoms with Crippen LogP contribution in [-0.2, 0) is 0 Å². The van der Waals surface area contributed by atoms with Gasteiger partial charge in [-0.2, -0.15) is 0 Å². The Kier molecular flexibility index (Phi) is 4.74. The molecule has 3 aromatic rings. The summed E-state index contributed by atoms with van der Waals surface area (Å²) >= 11 is 0. The van der Waals surface area contributed by atoms with Gasteiger partial charge in [-0.25, -0.2) is 0 Å². The zero-order valence-electron chi connectivity index (χ0n) is 15.0. The van der Waals surface area contributed by atoms with Gasteiger partial charge in [0.15, 0.2) is 0 Å². The molecule has 4 rings (SSSR count). The smallest absolute Gasteiger partial charge is 0.311 e. The van der Waals surface area contributed by atoms with Crippen LogP contribution in [0.1, 0.15) is 10.7 Å². The summed E-state index contributed by atoms with van der Waals surface area (Å²) in [6.07, 6.45) is 0. The molecule has 27 heavy (non-hydrogen) atoms. The predicted octanol–water partition coefficient (Wildman–Crippen LogP) is 2.71. The van der Waals surface area contributed by atoms with E-state index in [9.17, 15) is 4.79 Å². The molecule has 0 atom stereocenters. The molecule has 7 heteroatoms. The third-order valence-corrected chi connectivity index (χ3v) is 4.63. The van der Waals surface area contributed by atoms with Crippen molar-refractivity contribution < 1.29 is 13.9 Å². The molecule has 2 heterocycles. The van der Waals surface area contributed by atoms with Crippen LogP contribution >= 0.6 is 0 Å². The SMILES string of the molecule is COc1ccccc1-c1nnc(C(=O)N2CCN(c3ccccc3)CC2)o1. The highest BCUT2D eigenvalue weighted by Gasteiger charge is 2.26. The first-order valence-corrected chi connectivity index (χ1v) is 8.82. The molecule has 0 bridgehead atoms. The molecule has 0 N–H and O–H groups in total. The summed E-state index contributed by atoms with van der Waals surface area (Å²) in [4.78, 5) is 16.7. The summed E-state index contributed by atoms with van der Waals surface area (Å²) in [5.74, 6) is 0.663. The van der Waals surface area contributed by atoms with E-state index in [1.807, 2.05) is 42.5 Å². The van der Waals surface area contributed by atoms with Gasteiger partial charge in [0.1, 0.15) is 5.75 Å². The van der Waals surface area contributed by atoms with Gasteiger partial charge in [0.05, 0.1) is 12.7 Å². The van der Waals surface area contributed by atoms with Gasteiger partial charge in [-0.15, -0.1) is 10.2 Å². The fourth-order valence-electron chi connectivity index (χ4n) is 3.18. The van der Waals surface area contributed by atoms with E-state index in [1.165, 1.54) is 5.69 Å². The lowest BCUT2D eigenvalue weighted by molar-refractivity contribution is 0.0707. The van der Waals surface area contributed by atoms with E-state index in [0.29, 0.717) is 24.4 Å². The van der Waals surface area contributed by atoms with E-state index in [2.05, 4.69) is 27.2 Å². The van der Waals surface area contributed by atoms with E-state index in [1.54, 1.807) is 12.0 Å². The largest absolute Gasteiger partial charge is 0.496 e. The molecule has 7 nitrogen and oxygen atoms in total. The van der Waals surface area contributed by atoms with Crippen molar-refractivity contribution in [3.8, 4) is 17.2 Å². The number of ether oxygens (including phenoxy) is 1. The quantitative estimate of drug-likeness (QED) is 0.709. The molecule has 1 amide bonds. The molecule has 138 valence electrons. The number of rotatable bonds is 4. The maximum Gasteiger partial charge on any atom is 0.311 e. The van der Waals surface area contributed by atoms with Crippen molar-refractivity contribution in [1.29, 1.82) is 0 Å². The number of benzene rings is 2. The number of carbonyl (C=O) groups excluding carboxylic acids is 1. The third-order valence-electron chi connectivity index (χ3n) is 4.63. The molecule has 1 aliphatic heterocycles. The third kappa shape index (κ3) is 3.48. The Morgan fingerprint density at radius 3 is 2.41 bits per heavy atom. The van der Waals surface area contributed by atoms with Crippen LogP contribution in [-0.4, -0.2) is 54.3 Å². The maximum atomic E-state index is 12.7. The first kappa shape index (κ1) is 17.1. The van der Waals surface area contributed by atoms with Gasteiger partial charge in [0.2, 0.25) is 0 Å². The highest BCUT2D eigenvalue weighted by atomic mass is 16.5. The predicted molar refractivity (Wildman–Crippen MR) is 101 cm³/mol. The number of hydrogen-bond acceptors (Lipinski definition) is 6. The number of para-hydroxylation sites is 2. The Bertz CT molecular complexity index is 918. The van der Waals surface area contributed by atoms with E-state index in [0.717, 1.165) is 13.1 Å². The van der Waals surface area contributed by atoms with Crippen molar-refractivity contribution in [3.05, 3.63) is 60.5 Å². The van der Waals surface area contributed by atoms with Gasteiger partial charge in [-0.05, 0) is 24.3 Å². The minimum absolute atomic E-state index is 0.00377. The monoisotopic (exact) mass is 364 g/mol. The van der Waals surface area contributed by atoms with Crippen LogP contribution in [0.2, 0.25) is 0 Å². The Labute approximate surface area is 157 Å². The fraction of sp³-hybridized carbons (Fsp3) is 0.250. The van der Waals surface area contributed by atoms with E-state index < -0.39 is 0 Å². The van der Waals surface area contributed by atoms with Crippen LogP contribution in [0, 0.1) is 0 Å². The summed E-state index contributed by atoms with van der Waals surface area (Å²) in [5.41, 5.74) is 1.83. The van der Waals surface area contributed by atoms with E-state index in [-0.39, 0.29) is 17.7 Å². The van der Waals surface area contributed by atoms with Crippen molar-refractivity contribution in [1.82, 2.24) is 15.1 Å². The second-order valence-electron chi connectivity index (χ2n) is 6.23. The Morgan fingerprint density at radius 1 is 0.963 bits per heavy atom. The molecule has 1 aliphatic rings. The molecular formula is C20H20N4O3. The fourth-order valence-corrected chi connectivity index (χ4v) is 3.18. The van der Waals surface area contributed by atoms with Gasteiger partial charge >= 0.3 is 11.8 Å². The lowest BCUT2D eigenvalue weighted by atomic mass is 10.2. The van der Waals surface area contributed by atoms with Gasteiger partial charge in [0.25, 0.3) is 5.89 Å². The first-order valence-electron chi connectivity index (χ1n) is 8.82. The van der Waals surface area contributed by atoms with Crippen LogP contribution in [0.15, 0.2) is 59.0 Å². The molecule has 0 unspecified atom stereocenters. The number of aromatic nitrogens is 2. The minimum atomic E-state index is -0.239. The summed E-state index contributed by atoms with van der Waals surface area (Å²) < 4.78 is 10.9. The van der Waals surface area contributed by atoms with Crippen molar-refractivity contribution in [3.63, 3.8) is 0 Å². The Hall–Kier alpha value is -3.35. The van der Waals surface area contributed by atoms with Gasteiger partial charge in [0, 0.05) is 31.9 Å². The molecule has 1 aromatic heterocycles. The number of hydrogen-bond donors (Lipinski definition) is 0. The van der Waals surface area contributed by atoms with Crippen LogP contribution in [0.25, 0.3) is 11.5 Å². The average Bonchev–Trinajstić information content (AvgIpc) is 3.24. The van der Waals surface area contributed by atoms with E-state index in [4.69, 9.17) is 9.15 Å². The van der Waals surface area contributed by atoms with Crippen LogP contribution in [0.4, 0.5) is 5.69 Å². The number of methoxy groups -OCH3 is 1. The lowest BCUT2D eigenvalue weighted by Crippen LogP contribution is -2.48. The number of carbonyl (C=O) groups is 1. The maximum absolute atomic E-state index is 12.7. The lowest BCUT2D eigenvalue weighted by Gasteiger charge is -2.35. The molecule has 0 aliphatic carbocycles. The molecule has 2 aromatic carbocycles. The second kappa shape index (κ2) is 7.49. The average molecular weight is 364 g/mol. The molecular weight excluding hydrogens is 344 g/mol. The Morgan fingerprint density at radius 2 is 1.67 bits per heavy atom. The minimum Gasteiger partial charge on any atom is -0.496 e. The summed E-state index contributed by atoms with van der Waals surface area (Å²) in [6, 6.07) is 17.5. The highest BCUT2D eigenvalue weighted by Crippen LogP contribution is 2.28. The number of amides is 1. The molecule has 1 saturated heterocycles. The van der Waals surface area contributed by atoms with Crippen molar-refractivity contribution in [2.24, 2.45) is 0 Å². The zero-order chi connectivity index (χ0) is 18.6. The number of nitrogens with zero attached hydrogens (tertiary/aromatic N) is 4.